The second-order valence-corrected chi connectivity index (χ2v) is 7.59. The zero-order valence-electron chi connectivity index (χ0n) is 11.5. The van der Waals surface area contributed by atoms with Gasteiger partial charge in [0.25, 0.3) is 5.89 Å². The zero-order chi connectivity index (χ0) is 15.7. The SMILES string of the molecule is CSc1nsc(SC)c1-c1nc(-c2ccc(Cl)cc2Cl)no1. The fourth-order valence-corrected chi connectivity index (χ4v) is 4.58. The standard InChI is InChI=1S/C13H9Cl2N3OS3/c1-20-12-9(13(21-2)22-18-12)11-16-10(17-19-11)7-4-3-6(14)5-8(7)15/h3-5H,1-2H3. The lowest BCUT2D eigenvalue weighted by atomic mass is 10.2. The van der Waals surface area contributed by atoms with Crippen molar-refractivity contribution < 1.29 is 4.52 Å². The van der Waals surface area contributed by atoms with Crippen molar-refractivity contribution in [1.82, 2.24) is 14.5 Å². The molecule has 0 N–H and O–H groups in total. The Morgan fingerprint density at radius 2 is 2.00 bits per heavy atom. The Kier molecular flexibility index (Phi) is 4.99. The molecule has 0 atom stereocenters. The molecule has 0 radical (unpaired) electrons. The van der Waals surface area contributed by atoms with Crippen LogP contribution in [0.1, 0.15) is 0 Å². The predicted octanol–water partition coefficient (Wildman–Crippen LogP) is 5.61. The molecule has 0 amide bonds. The summed E-state index contributed by atoms with van der Waals surface area (Å²) in [6.45, 7) is 0. The lowest BCUT2D eigenvalue weighted by Crippen LogP contribution is -1.84. The van der Waals surface area contributed by atoms with Gasteiger partial charge in [0.2, 0.25) is 5.82 Å². The van der Waals surface area contributed by atoms with Gasteiger partial charge < -0.3 is 4.52 Å². The van der Waals surface area contributed by atoms with Crippen LogP contribution in [0.15, 0.2) is 32.0 Å². The summed E-state index contributed by atoms with van der Waals surface area (Å²) in [5.41, 5.74) is 1.56. The molecule has 0 aliphatic rings. The smallest absolute Gasteiger partial charge is 0.263 e. The lowest BCUT2D eigenvalue weighted by molar-refractivity contribution is 0.431. The van der Waals surface area contributed by atoms with Crippen LogP contribution in [0.25, 0.3) is 22.8 Å². The number of hydrogen-bond acceptors (Lipinski definition) is 7. The summed E-state index contributed by atoms with van der Waals surface area (Å²) in [5.74, 6) is 0.880. The third kappa shape index (κ3) is 3.00. The fourth-order valence-electron chi connectivity index (χ4n) is 1.82. The van der Waals surface area contributed by atoms with Crippen molar-refractivity contribution in [3.05, 3.63) is 28.2 Å². The molecule has 114 valence electrons. The molecule has 9 heteroatoms. The molecule has 22 heavy (non-hydrogen) atoms. The Hall–Kier alpha value is -0.730. The molecule has 1 aromatic carbocycles. The highest BCUT2D eigenvalue weighted by molar-refractivity contribution is 8.01. The summed E-state index contributed by atoms with van der Waals surface area (Å²) in [4.78, 5) is 4.47. The third-order valence-electron chi connectivity index (χ3n) is 2.82. The first kappa shape index (κ1) is 16.1. The summed E-state index contributed by atoms with van der Waals surface area (Å²) < 4.78 is 10.9. The monoisotopic (exact) mass is 389 g/mol. The molecule has 0 aliphatic heterocycles. The lowest BCUT2D eigenvalue weighted by Gasteiger charge is -1.98. The van der Waals surface area contributed by atoms with E-state index in [9.17, 15) is 0 Å². The minimum absolute atomic E-state index is 0.432. The zero-order valence-corrected chi connectivity index (χ0v) is 15.4. The topological polar surface area (TPSA) is 51.8 Å². The molecule has 0 spiro atoms. The number of benzene rings is 1. The van der Waals surface area contributed by atoms with E-state index in [-0.39, 0.29) is 0 Å². The highest BCUT2D eigenvalue weighted by Gasteiger charge is 2.21. The number of thioether (sulfide) groups is 2. The first-order valence-corrected chi connectivity index (χ1v) is 9.99. The van der Waals surface area contributed by atoms with Crippen LogP contribution in [0, 0.1) is 0 Å². The first-order valence-electron chi connectivity index (χ1n) is 6.01. The maximum absolute atomic E-state index is 6.19. The van der Waals surface area contributed by atoms with Crippen molar-refractivity contribution in [2.75, 3.05) is 12.5 Å². The van der Waals surface area contributed by atoms with E-state index in [1.54, 1.807) is 41.7 Å². The van der Waals surface area contributed by atoms with Crippen LogP contribution in [0.4, 0.5) is 0 Å². The number of hydrogen-bond donors (Lipinski definition) is 0. The predicted molar refractivity (Wildman–Crippen MR) is 94.4 cm³/mol. The van der Waals surface area contributed by atoms with E-state index in [0.29, 0.717) is 27.3 Å². The fraction of sp³-hybridized carbons (Fsp3) is 0.154. The molecule has 0 aliphatic carbocycles. The molecule has 2 aromatic heterocycles. The maximum atomic E-state index is 6.19. The third-order valence-corrected chi connectivity index (χ3v) is 6.11. The minimum atomic E-state index is 0.432. The Morgan fingerprint density at radius 1 is 1.18 bits per heavy atom. The number of nitrogens with zero attached hydrogens (tertiary/aromatic N) is 3. The molecule has 3 rings (SSSR count). The van der Waals surface area contributed by atoms with E-state index in [2.05, 4.69) is 14.5 Å². The van der Waals surface area contributed by atoms with E-state index < -0.39 is 0 Å². The number of aromatic nitrogens is 3. The van der Waals surface area contributed by atoms with Crippen LogP contribution in [0.5, 0.6) is 0 Å². The quantitative estimate of drug-likeness (QED) is 0.540. The summed E-state index contributed by atoms with van der Waals surface area (Å²) in [6.07, 6.45) is 3.96. The van der Waals surface area contributed by atoms with Crippen molar-refractivity contribution in [1.29, 1.82) is 0 Å². The molecule has 2 heterocycles. The molecule has 0 unspecified atom stereocenters. The van der Waals surface area contributed by atoms with Crippen molar-refractivity contribution in [2.45, 2.75) is 9.24 Å². The van der Waals surface area contributed by atoms with Gasteiger partial charge in [0, 0.05) is 10.6 Å². The molecule has 0 bridgehead atoms. The Balaban J connectivity index is 2.06. The molecular formula is C13H9Cl2N3OS3. The van der Waals surface area contributed by atoms with Gasteiger partial charge in [0.15, 0.2) is 0 Å². The van der Waals surface area contributed by atoms with Crippen molar-refractivity contribution in [2.24, 2.45) is 0 Å². The molecule has 0 fully saturated rings. The first-order chi connectivity index (χ1) is 10.6. The average Bonchev–Trinajstić information content (AvgIpc) is 3.12. The Bertz CT molecular complexity index is 797. The maximum Gasteiger partial charge on any atom is 0.263 e. The van der Waals surface area contributed by atoms with E-state index in [1.807, 2.05) is 12.5 Å². The minimum Gasteiger partial charge on any atom is -0.333 e. The number of rotatable bonds is 4. The van der Waals surface area contributed by atoms with E-state index in [0.717, 1.165) is 14.8 Å². The molecule has 3 aromatic rings. The van der Waals surface area contributed by atoms with Crippen molar-refractivity contribution in [3.63, 3.8) is 0 Å². The second kappa shape index (κ2) is 6.80. The van der Waals surface area contributed by atoms with Gasteiger partial charge in [0.05, 0.1) is 14.8 Å². The van der Waals surface area contributed by atoms with Crippen LogP contribution in [-0.4, -0.2) is 27.0 Å². The highest BCUT2D eigenvalue weighted by Crippen LogP contribution is 2.40. The van der Waals surface area contributed by atoms with Crippen LogP contribution < -0.4 is 0 Å². The van der Waals surface area contributed by atoms with Crippen LogP contribution >= 0.6 is 58.3 Å². The van der Waals surface area contributed by atoms with Crippen LogP contribution in [0.3, 0.4) is 0 Å². The van der Waals surface area contributed by atoms with Crippen LogP contribution in [0.2, 0.25) is 10.0 Å². The number of halogens is 2. The average molecular weight is 390 g/mol. The van der Waals surface area contributed by atoms with E-state index in [1.165, 1.54) is 11.5 Å². The Morgan fingerprint density at radius 3 is 2.68 bits per heavy atom. The van der Waals surface area contributed by atoms with Crippen molar-refractivity contribution >= 4 is 58.3 Å². The van der Waals surface area contributed by atoms with E-state index >= 15 is 0 Å². The second-order valence-electron chi connectivity index (χ2n) is 4.11. The van der Waals surface area contributed by atoms with Gasteiger partial charge in [-0.3, -0.25) is 0 Å². The van der Waals surface area contributed by atoms with Crippen LogP contribution in [-0.2, 0) is 0 Å². The van der Waals surface area contributed by atoms with E-state index in [4.69, 9.17) is 27.7 Å². The van der Waals surface area contributed by atoms with Gasteiger partial charge in [-0.2, -0.15) is 9.36 Å². The van der Waals surface area contributed by atoms with Gasteiger partial charge in [-0.15, -0.1) is 23.5 Å². The Labute approximate surface area is 149 Å². The van der Waals surface area contributed by atoms with Gasteiger partial charge in [-0.25, -0.2) is 0 Å². The van der Waals surface area contributed by atoms with Gasteiger partial charge in [-0.1, -0.05) is 28.4 Å². The summed E-state index contributed by atoms with van der Waals surface area (Å²) in [5, 5.41) is 5.96. The summed E-state index contributed by atoms with van der Waals surface area (Å²) in [7, 11) is 0. The highest BCUT2D eigenvalue weighted by atomic mass is 35.5. The molecule has 0 saturated heterocycles. The van der Waals surface area contributed by atoms with Gasteiger partial charge >= 0.3 is 0 Å². The molecular weight excluding hydrogens is 381 g/mol. The largest absolute Gasteiger partial charge is 0.333 e. The van der Waals surface area contributed by atoms with Gasteiger partial charge in [-0.05, 0) is 42.2 Å². The summed E-state index contributed by atoms with van der Waals surface area (Å²) >= 11 is 16.7. The van der Waals surface area contributed by atoms with Crippen molar-refractivity contribution in [3.8, 4) is 22.8 Å². The normalized spacial score (nSPS) is 11.1. The summed E-state index contributed by atoms with van der Waals surface area (Å²) in [6, 6.07) is 5.17. The van der Waals surface area contributed by atoms with Gasteiger partial charge in [0.1, 0.15) is 5.03 Å². The molecule has 0 saturated carbocycles. The molecule has 4 nitrogen and oxygen atoms in total.